The van der Waals surface area contributed by atoms with Gasteiger partial charge in [-0.2, -0.15) is 5.10 Å². The Morgan fingerprint density at radius 2 is 2.13 bits per heavy atom. The number of aromatic nitrogens is 4. The minimum absolute atomic E-state index is 0.279. The number of carbonyl (C=O) groups excluding carboxylic acids is 1. The summed E-state index contributed by atoms with van der Waals surface area (Å²) in [7, 11) is 0. The molecule has 0 aliphatic carbocycles. The summed E-state index contributed by atoms with van der Waals surface area (Å²) in [4.78, 5) is 20.0. The molecule has 114 valence electrons. The summed E-state index contributed by atoms with van der Waals surface area (Å²) >= 11 is 0. The van der Waals surface area contributed by atoms with E-state index in [0.29, 0.717) is 17.2 Å². The molecule has 4 rings (SSSR count). The number of aromatic amines is 2. The van der Waals surface area contributed by atoms with Gasteiger partial charge >= 0.3 is 0 Å². The zero-order chi connectivity index (χ0) is 15.8. The van der Waals surface area contributed by atoms with Crippen LogP contribution >= 0.6 is 0 Å². The summed E-state index contributed by atoms with van der Waals surface area (Å²) in [6.45, 7) is 1.81. The van der Waals surface area contributed by atoms with Crippen LogP contribution in [0.1, 0.15) is 16.1 Å². The lowest BCUT2D eigenvalue weighted by Crippen LogP contribution is -2.12. The lowest BCUT2D eigenvalue weighted by atomic mass is 10.2. The quantitative estimate of drug-likeness (QED) is 0.541. The van der Waals surface area contributed by atoms with Gasteiger partial charge in [-0.1, -0.05) is 12.1 Å². The van der Waals surface area contributed by atoms with Gasteiger partial charge in [0.05, 0.1) is 29.2 Å². The van der Waals surface area contributed by atoms with Crippen molar-refractivity contribution < 1.29 is 9.21 Å². The van der Waals surface area contributed by atoms with Gasteiger partial charge in [0.1, 0.15) is 5.69 Å². The van der Waals surface area contributed by atoms with Gasteiger partial charge in [-0.3, -0.25) is 9.89 Å². The van der Waals surface area contributed by atoms with E-state index in [1.807, 2.05) is 31.2 Å². The van der Waals surface area contributed by atoms with Crippen molar-refractivity contribution >= 4 is 22.6 Å². The first-order chi connectivity index (χ1) is 11.2. The molecule has 4 aromatic rings. The van der Waals surface area contributed by atoms with Crippen molar-refractivity contribution in [3.05, 3.63) is 54.1 Å². The van der Waals surface area contributed by atoms with Gasteiger partial charge in [0, 0.05) is 5.56 Å². The van der Waals surface area contributed by atoms with Crippen molar-refractivity contribution in [2.24, 2.45) is 0 Å². The Balaban J connectivity index is 1.68. The molecular formula is C16H13N5O2. The van der Waals surface area contributed by atoms with Crippen LogP contribution in [0.4, 0.5) is 5.69 Å². The SMILES string of the molecule is Cc1ccoc1C(=O)Nc1cn[nH]c1-c1nc2ccccc2[nH]1. The van der Waals surface area contributed by atoms with E-state index in [-0.39, 0.29) is 11.7 Å². The zero-order valence-electron chi connectivity index (χ0n) is 12.3. The summed E-state index contributed by atoms with van der Waals surface area (Å²) in [5.74, 6) is 0.559. The Hall–Kier alpha value is -3.35. The second-order valence-corrected chi connectivity index (χ2v) is 5.15. The average Bonchev–Trinajstić information content (AvgIpc) is 3.24. The fraction of sp³-hybridized carbons (Fsp3) is 0.0625. The summed E-state index contributed by atoms with van der Waals surface area (Å²) in [6.07, 6.45) is 3.03. The van der Waals surface area contributed by atoms with Gasteiger partial charge in [-0.05, 0) is 25.1 Å². The average molecular weight is 307 g/mol. The molecule has 0 unspecified atom stereocenters. The number of anilines is 1. The van der Waals surface area contributed by atoms with Crippen LogP contribution in [0.3, 0.4) is 0 Å². The van der Waals surface area contributed by atoms with Gasteiger partial charge < -0.3 is 14.7 Å². The number of carbonyl (C=O) groups is 1. The number of nitrogens with one attached hydrogen (secondary N) is 3. The molecule has 7 nitrogen and oxygen atoms in total. The van der Waals surface area contributed by atoms with Crippen molar-refractivity contribution in [2.75, 3.05) is 5.32 Å². The van der Waals surface area contributed by atoms with Gasteiger partial charge in [0.2, 0.25) is 0 Å². The molecule has 0 aliphatic heterocycles. The molecule has 0 atom stereocenters. The number of nitrogens with zero attached hydrogens (tertiary/aromatic N) is 2. The molecule has 0 saturated carbocycles. The number of fused-ring (bicyclic) bond motifs is 1. The monoisotopic (exact) mass is 307 g/mol. The fourth-order valence-corrected chi connectivity index (χ4v) is 2.42. The number of amides is 1. The van der Waals surface area contributed by atoms with Crippen LogP contribution in [0.25, 0.3) is 22.6 Å². The molecule has 1 amide bonds. The molecule has 0 radical (unpaired) electrons. The van der Waals surface area contributed by atoms with E-state index < -0.39 is 0 Å². The number of hydrogen-bond donors (Lipinski definition) is 3. The highest BCUT2D eigenvalue weighted by molar-refractivity contribution is 6.04. The number of para-hydroxylation sites is 2. The van der Waals surface area contributed by atoms with Gasteiger partial charge in [-0.15, -0.1) is 0 Å². The van der Waals surface area contributed by atoms with E-state index in [1.54, 1.807) is 12.3 Å². The van der Waals surface area contributed by atoms with E-state index in [1.165, 1.54) is 6.26 Å². The number of rotatable bonds is 3. The van der Waals surface area contributed by atoms with E-state index in [0.717, 1.165) is 16.6 Å². The third kappa shape index (κ3) is 2.28. The summed E-state index contributed by atoms with van der Waals surface area (Å²) in [5.41, 5.74) is 3.67. The van der Waals surface area contributed by atoms with Crippen LogP contribution in [0.5, 0.6) is 0 Å². The largest absolute Gasteiger partial charge is 0.459 e. The Bertz CT molecular complexity index is 962. The molecule has 3 heterocycles. The molecule has 3 aromatic heterocycles. The van der Waals surface area contributed by atoms with Crippen molar-refractivity contribution in [1.29, 1.82) is 0 Å². The van der Waals surface area contributed by atoms with E-state index in [2.05, 4.69) is 25.5 Å². The number of H-pyrrole nitrogens is 2. The third-order valence-corrected chi connectivity index (χ3v) is 3.58. The second kappa shape index (κ2) is 5.13. The Morgan fingerprint density at radius 3 is 2.91 bits per heavy atom. The predicted octanol–water partition coefficient (Wildman–Crippen LogP) is 3.11. The highest BCUT2D eigenvalue weighted by atomic mass is 16.3. The molecule has 0 fully saturated rings. The maximum Gasteiger partial charge on any atom is 0.291 e. The third-order valence-electron chi connectivity index (χ3n) is 3.58. The smallest absolute Gasteiger partial charge is 0.291 e. The van der Waals surface area contributed by atoms with Gasteiger partial charge in [0.15, 0.2) is 11.6 Å². The van der Waals surface area contributed by atoms with E-state index >= 15 is 0 Å². The predicted molar refractivity (Wildman–Crippen MR) is 85.1 cm³/mol. The summed E-state index contributed by atoms with van der Waals surface area (Å²) < 4.78 is 5.20. The zero-order valence-corrected chi connectivity index (χ0v) is 12.3. The second-order valence-electron chi connectivity index (χ2n) is 5.15. The number of hydrogen-bond acceptors (Lipinski definition) is 4. The maximum atomic E-state index is 12.3. The maximum absolute atomic E-state index is 12.3. The van der Waals surface area contributed by atoms with Crippen molar-refractivity contribution in [2.45, 2.75) is 6.92 Å². The molecular weight excluding hydrogens is 294 g/mol. The lowest BCUT2D eigenvalue weighted by Gasteiger charge is -2.03. The Kier molecular flexibility index (Phi) is 2.97. The van der Waals surface area contributed by atoms with Crippen molar-refractivity contribution in [3.8, 4) is 11.5 Å². The van der Waals surface area contributed by atoms with Crippen LogP contribution in [-0.2, 0) is 0 Å². The van der Waals surface area contributed by atoms with E-state index in [9.17, 15) is 4.79 Å². The van der Waals surface area contributed by atoms with Crippen LogP contribution in [0.2, 0.25) is 0 Å². The Labute approximate surface area is 130 Å². The number of imidazole rings is 1. The topological polar surface area (TPSA) is 99.6 Å². The van der Waals surface area contributed by atoms with Gasteiger partial charge in [-0.25, -0.2) is 4.98 Å². The van der Waals surface area contributed by atoms with Crippen molar-refractivity contribution in [1.82, 2.24) is 20.2 Å². The molecule has 3 N–H and O–H groups in total. The fourth-order valence-electron chi connectivity index (χ4n) is 2.42. The number of benzene rings is 1. The highest BCUT2D eigenvalue weighted by Gasteiger charge is 2.18. The molecule has 7 heteroatoms. The minimum atomic E-state index is -0.328. The molecule has 0 saturated heterocycles. The molecule has 0 spiro atoms. The minimum Gasteiger partial charge on any atom is -0.459 e. The first-order valence-electron chi connectivity index (χ1n) is 7.06. The molecule has 0 aliphatic rings. The van der Waals surface area contributed by atoms with Crippen LogP contribution in [0.15, 0.2) is 47.2 Å². The summed E-state index contributed by atoms with van der Waals surface area (Å²) in [6, 6.07) is 9.44. The van der Waals surface area contributed by atoms with Crippen LogP contribution in [0, 0.1) is 6.92 Å². The number of aryl methyl sites for hydroxylation is 1. The molecule has 0 bridgehead atoms. The lowest BCUT2D eigenvalue weighted by molar-refractivity contribution is 0.0996. The first kappa shape index (κ1) is 13.3. The molecule has 23 heavy (non-hydrogen) atoms. The standard InChI is InChI=1S/C16H13N5O2/c1-9-6-7-23-14(9)16(22)20-12-8-17-21-13(12)15-18-10-4-2-3-5-11(10)19-15/h2-8H,1H3,(H,17,21)(H,18,19)(H,20,22). The normalized spacial score (nSPS) is 11.0. The van der Waals surface area contributed by atoms with Crippen LogP contribution in [-0.4, -0.2) is 26.1 Å². The Morgan fingerprint density at radius 1 is 1.26 bits per heavy atom. The van der Waals surface area contributed by atoms with Crippen molar-refractivity contribution in [3.63, 3.8) is 0 Å². The van der Waals surface area contributed by atoms with Crippen LogP contribution < -0.4 is 5.32 Å². The first-order valence-corrected chi connectivity index (χ1v) is 7.06. The van der Waals surface area contributed by atoms with Gasteiger partial charge in [0.25, 0.3) is 5.91 Å². The van der Waals surface area contributed by atoms with E-state index in [4.69, 9.17) is 4.42 Å². The summed E-state index contributed by atoms with van der Waals surface area (Å²) in [5, 5.41) is 9.64. The highest BCUT2D eigenvalue weighted by Crippen LogP contribution is 2.25. The number of furan rings is 1. The molecule has 1 aromatic carbocycles.